The summed E-state index contributed by atoms with van der Waals surface area (Å²) in [6.07, 6.45) is 3.20. The molecule has 2 aromatic carbocycles. The number of alkyl halides is 1. The van der Waals surface area contributed by atoms with E-state index in [9.17, 15) is 10.1 Å². The van der Waals surface area contributed by atoms with E-state index < -0.39 is 0 Å². The van der Waals surface area contributed by atoms with Crippen LogP contribution in [0.4, 0.5) is 0 Å². The molecule has 0 fully saturated rings. The van der Waals surface area contributed by atoms with Crippen LogP contribution in [0.5, 0.6) is 0 Å². The van der Waals surface area contributed by atoms with Crippen molar-refractivity contribution in [3.63, 3.8) is 0 Å². The average molecular weight is 481 g/mol. The number of carbonyl (C=O) groups is 1. The van der Waals surface area contributed by atoms with E-state index >= 15 is 0 Å². The van der Waals surface area contributed by atoms with E-state index in [4.69, 9.17) is 16.0 Å². The molecular formula is C29H37ClN2O2. The molecule has 1 aromatic heterocycles. The highest BCUT2D eigenvalue weighted by atomic mass is 35.5. The summed E-state index contributed by atoms with van der Waals surface area (Å²) >= 11 is 5.19. The van der Waals surface area contributed by atoms with Crippen LogP contribution in [0.25, 0.3) is 0 Å². The number of aromatic nitrogens is 1. The lowest BCUT2D eigenvalue weighted by atomic mass is 9.76. The SMILES string of the molecule is CCCCl.CCc1nc(C(C)=O)co1.Cc1ccc(C(C)(C)c2cc(C)c(C)c(C#N)c2)cc1. The van der Waals surface area contributed by atoms with Crippen molar-refractivity contribution in [2.45, 2.75) is 73.6 Å². The van der Waals surface area contributed by atoms with Gasteiger partial charge in [0.25, 0.3) is 0 Å². The molecule has 3 rings (SSSR count). The molecule has 182 valence electrons. The van der Waals surface area contributed by atoms with Gasteiger partial charge in [-0.05, 0) is 55.5 Å². The maximum Gasteiger partial charge on any atom is 0.194 e. The highest BCUT2D eigenvalue weighted by Gasteiger charge is 2.24. The number of Topliss-reactive ketones (excluding diaryl/α,β-unsaturated/α-hetero) is 1. The van der Waals surface area contributed by atoms with Crippen molar-refractivity contribution in [1.82, 2.24) is 4.98 Å². The maximum atomic E-state index is 10.7. The number of halogens is 1. The van der Waals surface area contributed by atoms with E-state index in [0.29, 0.717) is 11.6 Å². The highest BCUT2D eigenvalue weighted by molar-refractivity contribution is 6.17. The first-order chi connectivity index (χ1) is 16.0. The number of nitrogens with zero attached hydrogens (tertiary/aromatic N) is 2. The summed E-state index contributed by atoms with van der Waals surface area (Å²) < 4.78 is 4.94. The molecule has 34 heavy (non-hydrogen) atoms. The van der Waals surface area contributed by atoms with Crippen LogP contribution in [0.1, 0.15) is 90.8 Å². The highest BCUT2D eigenvalue weighted by Crippen LogP contribution is 2.33. The van der Waals surface area contributed by atoms with Crippen LogP contribution >= 0.6 is 11.6 Å². The summed E-state index contributed by atoms with van der Waals surface area (Å²) in [4.78, 5) is 14.6. The molecule has 0 bridgehead atoms. The number of hydrogen-bond donors (Lipinski definition) is 0. The van der Waals surface area contributed by atoms with Crippen LogP contribution in [-0.2, 0) is 11.8 Å². The molecule has 0 aliphatic rings. The van der Waals surface area contributed by atoms with E-state index in [1.165, 1.54) is 35.4 Å². The number of carbonyl (C=O) groups excluding carboxylic acids is 1. The minimum atomic E-state index is -0.0994. The van der Waals surface area contributed by atoms with Crippen LogP contribution in [0.2, 0.25) is 0 Å². The second kappa shape index (κ2) is 13.7. The van der Waals surface area contributed by atoms with Crippen LogP contribution in [0, 0.1) is 32.1 Å². The molecule has 0 spiro atoms. The van der Waals surface area contributed by atoms with Gasteiger partial charge in [0, 0.05) is 24.6 Å². The number of ketones is 1. The third-order valence-electron chi connectivity index (χ3n) is 5.69. The third kappa shape index (κ3) is 8.15. The van der Waals surface area contributed by atoms with Crippen molar-refractivity contribution in [3.8, 4) is 6.07 Å². The lowest BCUT2D eigenvalue weighted by molar-refractivity contribution is 0.101. The van der Waals surface area contributed by atoms with Crippen molar-refractivity contribution in [2.75, 3.05) is 5.88 Å². The van der Waals surface area contributed by atoms with E-state index in [2.05, 4.69) is 69.1 Å². The number of hydrogen-bond acceptors (Lipinski definition) is 4. The molecule has 1 heterocycles. The zero-order valence-corrected chi connectivity index (χ0v) is 22.5. The molecule has 5 heteroatoms. The lowest BCUT2D eigenvalue weighted by Gasteiger charge is -2.27. The fourth-order valence-electron chi connectivity index (χ4n) is 3.11. The molecule has 3 aromatic rings. The minimum absolute atomic E-state index is 0.0524. The maximum absolute atomic E-state index is 10.7. The van der Waals surface area contributed by atoms with E-state index in [1.54, 1.807) is 0 Å². The van der Waals surface area contributed by atoms with Crippen molar-refractivity contribution in [1.29, 1.82) is 5.26 Å². The Balaban J connectivity index is 0.000000343. The number of oxazole rings is 1. The Labute approximate surface area is 210 Å². The predicted octanol–water partition coefficient (Wildman–Crippen LogP) is 7.88. The fraction of sp³-hybridized carbons (Fsp3) is 0.414. The Morgan fingerprint density at radius 1 is 1.09 bits per heavy atom. The normalized spacial score (nSPS) is 10.4. The number of benzene rings is 2. The monoisotopic (exact) mass is 480 g/mol. The van der Waals surface area contributed by atoms with E-state index in [1.807, 2.05) is 26.8 Å². The Hall–Kier alpha value is -2.90. The fourth-order valence-corrected chi connectivity index (χ4v) is 3.11. The van der Waals surface area contributed by atoms with Gasteiger partial charge < -0.3 is 4.42 Å². The summed E-state index contributed by atoms with van der Waals surface area (Å²) in [5.74, 6) is 1.36. The van der Waals surface area contributed by atoms with Gasteiger partial charge in [0.2, 0.25) is 0 Å². The van der Waals surface area contributed by atoms with Gasteiger partial charge >= 0.3 is 0 Å². The van der Waals surface area contributed by atoms with Crippen LogP contribution < -0.4 is 0 Å². The summed E-state index contributed by atoms with van der Waals surface area (Å²) in [6, 6.07) is 15.2. The van der Waals surface area contributed by atoms with Gasteiger partial charge in [-0.1, -0.05) is 63.6 Å². The standard InChI is InChI=1S/C19H21N.C7H9NO2.C3H7Cl/c1-13-6-8-17(9-7-13)19(4,5)18-10-14(2)15(3)16(11-18)12-20;1-3-7-8-6(4-10-7)5(2)9;1-2-3-4/h6-11H,1-5H3;4H,3H2,1-2H3;2-3H2,1H3. The van der Waals surface area contributed by atoms with Gasteiger partial charge in [-0.2, -0.15) is 5.26 Å². The lowest BCUT2D eigenvalue weighted by Crippen LogP contribution is -2.19. The quantitative estimate of drug-likeness (QED) is 0.275. The third-order valence-corrected chi connectivity index (χ3v) is 6.06. The summed E-state index contributed by atoms with van der Waals surface area (Å²) in [7, 11) is 0. The first kappa shape index (κ1) is 29.1. The molecule has 0 aliphatic heterocycles. The topological polar surface area (TPSA) is 66.9 Å². The summed E-state index contributed by atoms with van der Waals surface area (Å²) in [5, 5.41) is 9.29. The van der Waals surface area contributed by atoms with Crippen LogP contribution in [-0.4, -0.2) is 16.6 Å². The second-order valence-corrected chi connectivity index (χ2v) is 9.17. The van der Waals surface area contributed by atoms with Crippen LogP contribution in [0.3, 0.4) is 0 Å². The van der Waals surface area contributed by atoms with Gasteiger partial charge in [0.15, 0.2) is 11.7 Å². The molecule has 0 aliphatic carbocycles. The Kier molecular flexibility index (Phi) is 11.8. The van der Waals surface area contributed by atoms with Gasteiger partial charge in [0.1, 0.15) is 12.0 Å². The first-order valence-electron chi connectivity index (χ1n) is 11.6. The number of aryl methyl sites for hydroxylation is 3. The number of rotatable bonds is 5. The van der Waals surface area contributed by atoms with E-state index in [0.717, 1.165) is 29.8 Å². The molecular weight excluding hydrogens is 444 g/mol. The van der Waals surface area contributed by atoms with Gasteiger partial charge in [-0.25, -0.2) is 4.98 Å². The minimum Gasteiger partial charge on any atom is -0.448 e. The Morgan fingerprint density at radius 2 is 1.68 bits per heavy atom. The first-order valence-corrected chi connectivity index (χ1v) is 12.1. The average Bonchev–Trinajstić information content (AvgIpc) is 3.31. The molecule has 0 amide bonds. The molecule has 0 saturated carbocycles. The molecule has 0 N–H and O–H groups in total. The summed E-state index contributed by atoms with van der Waals surface area (Å²) in [6.45, 7) is 16.0. The molecule has 0 saturated heterocycles. The van der Waals surface area contributed by atoms with Gasteiger partial charge in [-0.3, -0.25) is 4.79 Å². The smallest absolute Gasteiger partial charge is 0.194 e. The van der Waals surface area contributed by atoms with E-state index in [-0.39, 0.29) is 11.2 Å². The van der Waals surface area contributed by atoms with Gasteiger partial charge in [0.05, 0.1) is 11.6 Å². The largest absolute Gasteiger partial charge is 0.448 e. The zero-order chi connectivity index (χ0) is 25.9. The summed E-state index contributed by atoms with van der Waals surface area (Å²) in [5.41, 5.74) is 7.09. The van der Waals surface area contributed by atoms with Crippen molar-refractivity contribution in [2.24, 2.45) is 0 Å². The zero-order valence-electron chi connectivity index (χ0n) is 21.8. The second-order valence-electron chi connectivity index (χ2n) is 8.79. The molecule has 0 atom stereocenters. The van der Waals surface area contributed by atoms with Crippen LogP contribution in [0.15, 0.2) is 47.1 Å². The number of nitriles is 1. The van der Waals surface area contributed by atoms with Crippen molar-refractivity contribution in [3.05, 3.63) is 87.6 Å². The Bertz CT molecular complexity index is 1100. The Morgan fingerprint density at radius 3 is 2.09 bits per heavy atom. The van der Waals surface area contributed by atoms with Gasteiger partial charge in [-0.15, -0.1) is 11.6 Å². The molecule has 4 nitrogen and oxygen atoms in total. The van der Waals surface area contributed by atoms with Crippen molar-refractivity contribution >= 4 is 17.4 Å². The predicted molar refractivity (Wildman–Crippen MR) is 141 cm³/mol. The molecule has 0 radical (unpaired) electrons. The molecule has 0 unspecified atom stereocenters. The van der Waals surface area contributed by atoms with Crippen molar-refractivity contribution < 1.29 is 9.21 Å².